The first-order chi connectivity index (χ1) is 23.8. The molecule has 2 atom stereocenters. The summed E-state index contributed by atoms with van der Waals surface area (Å²) in [7, 11) is 0. The van der Waals surface area contributed by atoms with Crippen LogP contribution in [0.1, 0.15) is 91.3 Å². The second-order valence-corrected chi connectivity index (χ2v) is 16.0. The zero-order chi connectivity index (χ0) is 36.7. The molecule has 0 aromatic heterocycles. The Bertz CT molecular complexity index is 1710. The normalized spacial score (nSPS) is 22.6. The van der Waals surface area contributed by atoms with Crippen LogP contribution in [-0.4, -0.2) is 4.21 Å². The minimum absolute atomic E-state index is 0. The number of hydrogen-bond acceptors (Lipinski definition) is 0. The van der Waals surface area contributed by atoms with E-state index >= 15 is 0 Å². The Morgan fingerprint density at radius 3 is 1.90 bits per heavy atom. The fourth-order valence-corrected chi connectivity index (χ4v) is 8.87. The number of aryl methyl sites for hydroxylation is 1. The molecule has 0 bridgehead atoms. The summed E-state index contributed by atoms with van der Waals surface area (Å²) in [6.07, 6.45) is 18.5. The molecule has 5 aliphatic carbocycles. The molecule has 0 amide bonds. The first-order valence-electron chi connectivity index (χ1n) is 18.0. The molecule has 52 heavy (non-hydrogen) atoms. The van der Waals surface area contributed by atoms with Gasteiger partial charge in [-0.1, -0.05) is 125 Å². The SMILES string of the molecule is C[C-]1C2=C3Cc4ccccc4C3=C3C=CCCC3C2(C)C(C)(C)C(C)(C)C1(C)C.Cc1cc[c-]cc1.Cl.Cl.Clc1cc[c-]cc1.[C-]1=CC=CC1.[CH2]=[Zr]. The molecular weight excluding hydrogens is 774 g/mol. The van der Waals surface area contributed by atoms with Crippen molar-refractivity contribution in [2.75, 3.05) is 0 Å². The number of fused-ring (bicyclic) bond motifs is 6. The van der Waals surface area contributed by atoms with Crippen LogP contribution in [0.25, 0.3) is 5.57 Å². The average Bonchev–Trinajstić information content (AvgIpc) is 3.82. The average molecular weight is 832 g/mol. The van der Waals surface area contributed by atoms with Crippen LogP contribution >= 0.6 is 36.4 Å². The van der Waals surface area contributed by atoms with Gasteiger partial charge in [0.15, 0.2) is 0 Å². The van der Waals surface area contributed by atoms with E-state index in [1.165, 1.54) is 53.8 Å². The van der Waals surface area contributed by atoms with Crippen molar-refractivity contribution in [2.24, 2.45) is 27.6 Å². The molecule has 8 rings (SSSR count). The van der Waals surface area contributed by atoms with Gasteiger partial charge in [-0.05, 0) is 40.6 Å². The molecule has 2 unspecified atom stereocenters. The van der Waals surface area contributed by atoms with Gasteiger partial charge in [-0.15, -0.1) is 49.8 Å². The molecule has 0 saturated heterocycles. The topological polar surface area (TPSA) is 0 Å². The Kier molecular flexibility index (Phi) is 17.2. The monoisotopic (exact) mass is 828 g/mol. The standard InChI is InChI=1S/C29H37.C7H7.C6H4Cl.C5H5.CH2.2ClH.Zr/c1-18-25-22-17-19-13-9-10-14-20(19)24(22)21-15-11-12-16-23(21)29(25,8)28(6,7)27(4,5)26(18,2)3;1-7-5-3-2-4-6-7;7-6-4-2-1-3-5-6;1-2-4-5-3-1;;;;/h9-11,13-15,23H,12,16-17H2,1-8H3;3-6H,1H3;2-5H;1-3H,4H2;1H2;2*1H;/q4*-1;;;;. The summed E-state index contributed by atoms with van der Waals surface area (Å²) in [5.74, 6) is 2.24. The second-order valence-electron chi connectivity index (χ2n) is 15.6. The molecule has 0 N–H and O–H groups in total. The molecule has 5 aliphatic rings. The maximum absolute atomic E-state index is 5.52. The fraction of sp³-hybridized carbons (Fsp3) is 0.375. The quantitative estimate of drug-likeness (QED) is 0.198. The van der Waals surface area contributed by atoms with Crippen LogP contribution in [0, 0.1) is 58.6 Å². The van der Waals surface area contributed by atoms with Crippen molar-refractivity contribution in [3.8, 4) is 0 Å². The van der Waals surface area contributed by atoms with Gasteiger partial charge in [0.25, 0.3) is 0 Å². The molecule has 1 saturated carbocycles. The van der Waals surface area contributed by atoms with Crippen molar-refractivity contribution in [1.82, 2.24) is 0 Å². The van der Waals surface area contributed by atoms with Gasteiger partial charge in [0.2, 0.25) is 0 Å². The van der Waals surface area contributed by atoms with Crippen LogP contribution in [0.3, 0.4) is 0 Å². The Morgan fingerprint density at radius 2 is 1.42 bits per heavy atom. The Balaban J connectivity index is 0.000000331. The third kappa shape index (κ3) is 8.70. The minimum atomic E-state index is 0. The van der Waals surface area contributed by atoms with Crippen LogP contribution in [0.5, 0.6) is 0 Å². The molecule has 1 fully saturated rings. The number of halogens is 3. The summed E-state index contributed by atoms with van der Waals surface area (Å²) < 4.78 is 3.34. The summed E-state index contributed by atoms with van der Waals surface area (Å²) in [5.41, 5.74) is 11.6. The van der Waals surface area contributed by atoms with Gasteiger partial charge in [-0.2, -0.15) is 83.4 Å². The molecule has 0 spiro atoms. The number of rotatable bonds is 0. The van der Waals surface area contributed by atoms with Gasteiger partial charge in [-0.25, -0.2) is 18.1 Å². The predicted molar refractivity (Wildman–Crippen MR) is 228 cm³/mol. The molecule has 0 radical (unpaired) electrons. The van der Waals surface area contributed by atoms with Gasteiger partial charge in [0.05, 0.1) is 0 Å². The van der Waals surface area contributed by atoms with Crippen molar-refractivity contribution in [1.29, 1.82) is 0 Å². The fourth-order valence-electron chi connectivity index (χ4n) is 8.75. The van der Waals surface area contributed by atoms with Gasteiger partial charge >= 0.3 is 28.4 Å². The maximum atomic E-state index is 5.52. The summed E-state index contributed by atoms with van der Waals surface area (Å²) in [5, 5.41) is 0.763. The number of hydrogen-bond donors (Lipinski definition) is 0. The van der Waals surface area contributed by atoms with E-state index in [1.807, 2.05) is 36.4 Å². The number of allylic oxidation sites excluding steroid dienone is 10. The molecule has 0 nitrogen and oxygen atoms in total. The first kappa shape index (κ1) is 46.0. The van der Waals surface area contributed by atoms with Gasteiger partial charge < -0.3 is 0 Å². The van der Waals surface area contributed by atoms with E-state index < -0.39 is 0 Å². The van der Waals surface area contributed by atoms with Crippen LogP contribution in [0.2, 0.25) is 5.02 Å². The molecular formula is C48H57Cl3Zr-4. The van der Waals surface area contributed by atoms with E-state index in [4.69, 9.17) is 11.6 Å². The zero-order valence-corrected chi connectivity index (χ0v) is 37.5. The Hall–Kier alpha value is -2.15. The molecule has 0 aliphatic heterocycles. The molecule has 0 heterocycles. The Morgan fingerprint density at radius 1 is 0.827 bits per heavy atom. The third-order valence-electron chi connectivity index (χ3n) is 12.9. The van der Waals surface area contributed by atoms with Gasteiger partial charge in [0, 0.05) is 0 Å². The van der Waals surface area contributed by atoms with E-state index in [0.717, 1.165) is 17.9 Å². The van der Waals surface area contributed by atoms with E-state index in [-0.39, 0.29) is 46.5 Å². The zero-order valence-electron chi connectivity index (χ0n) is 32.6. The molecule has 3 aromatic rings. The van der Waals surface area contributed by atoms with Gasteiger partial charge in [0.1, 0.15) is 0 Å². The third-order valence-corrected chi connectivity index (χ3v) is 13.2. The van der Waals surface area contributed by atoms with E-state index in [2.05, 4.69) is 127 Å². The number of benzene rings is 3. The summed E-state index contributed by atoms with van der Waals surface area (Å²) in [4.78, 5) is 0. The van der Waals surface area contributed by atoms with E-state index in [9.17, 15) is 0 Å². The molecule has 3 aromatic carbocycles. The Labute approximate surface area is 349 Å². The van der Waals surface area contributed by atoms with Crippen molar-refractivity contribution in [3.05, 3.63) is 166 Å². The van der Waals surface area contributed by atoms with Crippen LogP contribution < -0.4 is 0 Å². The van der Waals surface area contributed by atoms with Crippen molar-refractivity contribution in [2.45, 2.75) is 88.0 Å². The van der Waals surface area contributed by atoms with Gasteiger partial charge in [-0.3, -0.25) is 6.08 Å². The van der Waals surface area contributed by atoms with Crippen LogP contribution in [-0.2, 0) is 30.7 Å². The second kappa shape index (κ2) is 19.4. The summed E-state index contributed by atoms with van der Waals surface area (Å²) >= 11 is 6.82. The summed E-state index contributed by atoms with van der Waals surface area (Å²) in [6, 6.07) is 30.0. The first-order valence-corrected chi connectivity index (χ1v) is 20.1. The van der Waals surface area contributed by atoms with Crippen LogP contribution in [0.4, 0.5) is 0 Å². The van der Waals surface area contributed by atoms with Crippen molar-refractivity contribution in [3.63, 3.8) is 0 Å². The van der Waals surface area contributed by atoms with E-state index in [1.54, 1.807) is 52.5 Å². The molecule has 278 valence electrons. The summed E-state index contributed by atoms with van der Waals surface area (Å²) in [6.45, 7) is 22.4. The van der Waals surface area contributed by atoms with E-state index in [0.29, 0.717) is 5.92 Å². The molecule has 4 heteroatoms. The van der Waals surface area contributed by atoms with Crippen LogP contribution in [0.15, 0.2) is 120 Å². The predicted octanol–water partition coefficient (Wildman–Crippen LogP) is 14.0. The van der Waals surface area contributed by atoms with Crippen molar-refractivity contribution >= 4 is 46.2 Å². The van der Waals surface area contributed by atoms with Crippen molar-refractivity contribution < 1.29 is 24.2 Å².